The van der Waals surface area contributed by atoms with Crippen LogP contribution in [0.4, 0.5) is 0 Å². The maximum Gasteiger partial charge on any atom is 0.253 e. The zero-order valence-corrected chi connectivity index (χ0v) is 11.5. The van der Waals surface area contributed by atoms with Crippen LogP contribution in [0, 0.1) is 11.3 Å². The molecule has 2 rings (SSSR count). The Hall–Kier alpha value is -1.46. The zero-order chi connectivity index (χ0) is 13.9. The van der Waals surface area contributed by atoms with Gasteiger partial charge in [0, 0.05) is 26.2 Å². The number of sulfonamides is 1. The summed E-state index contributed by atoms with van der Waals surface area (Å²) >= 11 is 0. The second-order valence-corrected chi connectivity index (χ2v) is 6.19. The van der Waals surface area contributed by atoms with Gasteiger partial charge in [-0.05, 0) is 25.2 Å². The zero-order valence-electron chi connectivity index (χ0n) is 10.7. The molecule has 0 atom stereocenters. The summed E-state index contributed by atoms with van der Waals surface area (Å²) in [4.78, 5) is 4.81. The summed E-state index contributed by atoms with van der Waals surface area (Å²) in [6.45, 7) is 2.93. The van der Waals surface area contributed by atoms with Crippen molar-refractivity contribution in [3.05, 3.63) is 29.8 Å². The van der Waals surface area contributed by atoms with E-state index >= 15 is 0 Å². The maximum atomic E-state index is 12.2. The highest BCUT2D eigenvalue weighted by Crippen LogP contribution is 2.11. The van der Waals surface area contributed by atoms with Crippen molar-refractivity contribution in [3.63, 3.8) is 0 Å². The van der Waals surface area contributed by atoms with Crippen molar-refractivity contribution in [1.82, 2.24) is 14.7 Å². The lowest BCUT2D eigenvalue weighted by molar-refractivity contribution is 0.135. The van der Waals surface area contributed by atoms with Gasteiger partial charge in [0.2, 0.25) is 0 Å². The van der Waals surface area contributed by atoms with Crippen molar-refractivity contribution in [1.29, 1.82) is 5.26 Å². The third-order valence-corrected chi connectivity index (χ3v) is 4.40. The SMILES string of the molecule is CN1CCN(NS(=O)(=O)c2cccc(C#N)c2)CC1. The number of rotatable bonds is 3. The van der Waals surface area contributed by atoms with Gasteiger partial charge in [-0.25, -0.2) is 13.4 Å². The number of nitrogens with one attached hydrogen (secondary N) is 1. The van der Waals surface area contributed by atoms with Crippen LogP contribution in [0.2, 0.25) is 0 Å². The fourth-order valence-corrected chi connectivity index (χ4v) is 3.02. The Labute approximate surface area is 113 Å². The van der Waals surface area contributed by atoms with E-state index in [1.165, 1.54) is 12.1 Å². The van der Waals surface area contributed by atoms with Crippen LogP contribution >= 0.6 is 0 Å². The first kappa shape index (κ1) is 14.0. The first-order valence-electron chi connectivity index (χ1n) is 5.97. The molecule has 1 saturated heterocycles. The lowest BCUT2D eigenvalue weighted by Crippen LogP contribution is -2.52. The minimum Gasteiger partial charge on any atom is -0.304 e. The Morgan fingerprint density at radius 1 is 1.26 bits per heavy atom. The average molecular weight is 280 g/mol. The van der Waals surface area contributed by atoms with E-state index in [-0.39, 0.29) is 4.90 Å². The lowest BCUT2D eigenvalue weighted by Gasteiger charge is -2.32. The minimum absolute atomic E-state index is 0.116. The van der Waals surface area contributed by atoms with Gasteiger partial charge in [0.25, 0.3) is 10.0 Å². The number of piperazine rings is 1. The Morgan fingerprint density at radius 3 is 2.58 bits per heavy atom. The van der Waals surface area contributed by atoms with Gasteiger partial charge < -0.3 is 4.90 Å². The summed E-state index contributed by atoms with van der Waals surface area (Å²) < 4.78 is 24.3. The van der Waals surface area contributed by atoms with Crippen LogP contribution in [-0.4, -0.2) is 51.6 Å². The molecule has 1 aliphatic rings. The van der Waals surface area contributed by atoms with E-state index in [9.17, 15) is 8.42 Å². The molecule has 1 fully saturated rings. The molecule has 0 radical (unpaired) electrons. The molecule has 1 aromatic carbocycles. The number of likely N-dealkylation sites (N-methyl/N-ethyl adjacent to an activating group) is 1. The van der Waals surface area contributed by atoms with Gasteiger partial charge in [0.1, 0.15) is 0 Å². The van der Waals surface area contributed by atoms with Crippen molar-refractivity contribution in [3.8, 4) is 6.07 Å². The molecule has 0 saturated carbocycles. The summed E-state index contributed by atoms with van der Waals surface area (Å²) in [5.74, 6) is 0. The molecule has 1 heterocycles. The van der Waals surface area contributed by atoms with Crippen molar-refractivity contribution in [2.24, 2.45) is 0 Å². The van der Waals surface area contributed by atoms with Gasteiger partial charge in [0.15, 0.2) is 0 Å². The van der Waals surface area contributed by atoms with Crippen molar-refractivity contribution in [2.45, 2.75) is 4.90 Å². The Bertz CT molecular complexity index is 586. The number of hydrogen-bond acceptors (Lipinski definition) is 5. The highest BCUT2D eigenvalue weighted by molar-refractivity contribution is 7.89. The summed E-state index contributed by atoms with van der Waals surface area (Å²) in [6, 6.07) is 7.94. The molecule has 0 spiro atoms. The summed E-state index contributed by atoms with van der Waals surface area (Å²) in [5.41, 5.74) is 0.334. The van der Waals surface area contributed by atoms with E-state index < -0.39 is 10.0 Å². The molecule has 0 aromatic heterocycles. The number of nitrogens with zero attached hydrogens (tertiary/aromatic N) is 3. The molecule has 0 bridgehead atoms. The Morgan fingerprint density at radius 2 is 1.95 bits per heavy atom. The van der Waals surface area contributed by atoms with Crippen LogP contribution in [0.25, 0.3) is 0 Å². The Balaban J connectivity index is 2.12. The predicted octanol–water partition coefficient (Wildman–Crippen LogP) is -0.00102. The quantitative estimate of drug-likeness (QED) is 0.843. The van der Waals surface area contributed by atoms with Gasteiger partial charge in [-0.3, -0.25) is 0 Å². The molecule has 6 nitrogen and oxygen atoms in total. The fourth-order valence-electron chi connectivity index (χ4n) is 1.85. The smallest absolute Gasteiger partial charge is 0.253 e. The molecule has 0 aliphatic carbocycles. The number of nitriles is 1. The second kappa shape index (κ2) is 5.67. The summed E-state index contributed by atoms with van der Waals surface area (Å²) in [5, 5.41) is 10.5. The molecule has 0 amide bonds. The van der Waals surface area contributed by atoms with Gasteiger partial charge in [-0.15, -0.1) is 4.83 Å². The molecule has 102 valence electrons. The molecule has 1 aliphatic heterocycles. The first-order chi connectivity index (χ1) is 9.01. The molecule has 1 aromatic rings. The lowest BCUT2D eigenvalue weighted by atomic mass is 10.2. The van der Waals surface area contributed by atoms with Crippen LogP contribution in [0.1, 0.15) is 5.56 Å². The van der Waals surface area contributed by atoms with E-state index in [4.69, 9.17) is 5.26 Å². The van der Waals surface area contributed by atoms with Crippen LogP contribution < -0.4 is 4.83 Å². The van der Waals surface area contributed by atoms with Crippen LogP contribution in [0.5, 0.6) is 0 Å². The van der Waals surface area contributed by atoms with Crippen LogP contribution in [-0.2, 0) is 10.0 Å². The predicted molar refractivity (Wildman–Crippen MR) is 70.5 cm³/mol. The van der Waals surface area contributed by atoms with E-state index in [1.807, 2.05) is 13.1 Å². The van der Waals surface area contributed by atoms with E-state index in [0.29, 0.717) is 18.7 Å². The van der Waals surface area contributed by atoms with E-state index in [2.05, 4.69) is 9.73 Å². The summed E-state index contributed by atoms with van der Waals surface area (Å²) in [6.07, 6.45) is 0. The molecule has 7 heteroatoms. The van der Waals surface area contributed by atoms with Gasteiger partial charge in [-0.2, -0.15) is 5.26 Å². The first-order valence-corrected chi connectivity index (χ1v) is 7.46. The van der Waals surface area contributed by atoms with E-state index in [1.54, 1.807) is 17.1 Å². The number of hydrazine groups is 1. The molecular weight excluding hydrogens is 264 g/mol. The molecule has 0 unspecified atom stereocenters. The monoisotopic (exact) mass is 280 g/mol. The van der Waals surface area contributed by atoms with Crippen molar-refractivity contribution >= 4 is 10.0 Å². The third-order valence-electron chi connectivity index (χ3n) is 3.03. The van der Waals surface area contributed by atoms with Crippen LogP contribution in [0.15, 0.2) is 29.2 Å². The topological polar surface area (TPSA) is 76.4 Å². The van der Waals surface area contributed by atoms with Gasteiger partial charge in [0.05, 0.1) is 16.5 Å². The number of hydrogen-bond donors (Lipinski definition) is 1. The van der Waals surface area contributed by atoms with Crippen LogP contribution in [0.3, 0.4) is 0 Å². The molecular formula is C12H16N4O2S. The Kier molecular flexibility index (Phi) is 4.17. The van der Waals surface area contributed by atoms with E-state index in [0.717, 1.165) is 13.1 Å². The minimum atomic E-state index is -3.60. The highest BCUT2D eigenvalue weighted by Gasteiger charge is 2.21. The highest BCUT2D eigenvalue weighted by atomic mass is 32.2. The normalized spacial score (nSPS) is 18.1. The molecule has 1 N–H and O–H groups in total. The van der Waals surface area contributed by atoms with Crippen molar-refractivity contribution in [2.75, 3.05) is 33.2 Å². The van der Waals surface area contributed by atoms with Gasteiger partial charge >= 0.3 is 0 Å². The number of benzene rings is 1. The largest absolute Gasteiger partial charge is 0.304 e. The summed E-state index contributed by atoms with van der Waals surface area (Å²) in [7, 11) is -1.60. The third kappa shape index (κ3) is 3.52. The fraction of sp³-hybridized carbons (Fsp3) is 0.417. The van der Waals surface area contributed by atoms with Gasteiger partial charge in [-0.1, -0.05) is 6.07 Å². The molecule has 19 heavy (non-hydrogen) atoms. The second-order valence-electron chi connectivity index (χ2n) is 4.52. The average Bonchev–Trinajstić information content (AvgIpc) is 2.41. The maximum absolute atomic E-state index is 12.2. The standard InChI is InChI=1S/C12H16N4O2S/c1-15-5-7-16(8-6-15)14-19(17,18)12-4-2-3-11(9-12)10-13/h2-4,9,14H,5-8H2,1H3. The van der Waals surface area contributed by atoms with Crippen molar-refractivity contribution < 1.29 is 8.42 Å².